The maximum absolute atomic E-state index is 13.8. The number of carbonyl (C=O) groups is 1. The topological polar surface area (TPSA) is 106 Å². The summed E-state index contributed by atoms with van der Waals surface area (Å²) in [5, 5.41) is 3.29. The van der Waals surface area contributed by atoms with E-state index in [0.29, 0.717) is 0 Å². The number of nitrogens with one attached hydrogen (secondary N) is 1. The van der Waals surface area contributed by atoms with Crippen LogP contribution < -0.4 is 21.9 Å². The van der Waals surface area contributed by atoms with Crippen LogP contribution in [0.3, 0.4) is 0 Å². The Kier molecular flexibility index (Phi) is 7.89. The molecule has 0 spiro atoms. The van der Waals surface area contributed by atoms with Crippen LogP contribution in [0.15, 0.2) is 24.7 Å². The van der Waals surface area contributed by atoms with E-state index < -0.39 is 17.5 Å². The van der Waals surface area contributed by atoms with Gasteiger partial charge in [0.25, 0.3) is 0 Å². The van der Waals surface area contributed by atoms with Gasteiger partial charge in [0.05, 0.1) is 11.9 Å². The first-order valence-corrected chi connectivity index (χ1v) is 6.81. The Bertz CT molecular complexity index is 514. The number of hydrazine groups is 1. The molecule has 0 aliphatic rings. The predicted molar refractivity (Wildman–Crippen MR) is 85.4 cm³/mol. The Morgan fingerprint density at radius 1 is 1.45 bits per heavy atom. The molecule has 0 bridgehead atoms. The van der Waals surface area contributed by atoms with Gasteiger partial charge < -0.3 is 10.5 Å². The molecular weight excluding hydrogens is 289 g/mol. The molecule has 7 nitrogen and oxygen atoms in total. The van der Waals surface area contributed by atoms with Crippen LogP contribution in [-0.2, 0) is 4.74 Å². The van der Waals surface area contributed by atoms with Crippen molar-refractivity contribution in [2.24, 2.45) is 11.6 Å². The number of pyridine rings is 1. The molecule has 124 valence electrons. The molecule has 0 aliphatic heterocycles. The average Bonchev–Trinajstić information content (AvgIpc) is 2.39. The quantitative estimate of drug-likeness (QED) is 0.585. The Labute approximate surface area is 130 Å². The maximum Gasteiger partial charge on any atom is 0.412 e. The van der Waals surface area contributed by atoms with Gasteiger partial charge in [-0.1, -0.05) is 13.8 Å². The number of amides is 1. The Morgan fingerprint density at radius 3 is 2.50 bits per heavy atom. The number of carbonyl (C=O) groups excluding carboxylic acids is 1. The molecule has 1 aromatic heterocycles. The summed E-state index contributed by atoms with van der Waals surface area (Å²) >= 11 is 0. The summed E-state index contributed by atoms with van der Waals surface area (Å²) < 4.78 is 18.8. The minimum Gasteiger partial charge on any atom is -0.444 e. The van der Waals surface area contributed by atoms with E-state index in [4.69, 9.17) is 16.3 Å². The summed E-state index contributed by atoms with van der Waals surface area (Å²) in [5.41, 5.74) is 4.66. The van der Waals surface area contributed by atoms with Crippen LogP contribution in [0.25, 0.3) is 0 Å². The van der Waals surface area contributed by atoms with Crippen LogP contribution in [0.1, 0.15) is 34.6 Å². The molecule has 1 heterocycles. The lowest BCUT2D eigenvalue weighted by atomic mass is 10.2. The van der Waals surface area contributed by atoms with Gasteiger partial charge in [-0.05, 0) is 20.8 Å². The number of ether oxygens (including phenoxy) is 1. The zero-order valence-electron chi connectivity index (χ0n) is 13.6. The summed E-state index contributed by atoms with van der Waals surface area (Å²) in [5.74, 6) is 4.66. The van der Waals surface area contributed by atoms with Crippen LogP contribution in [0.2, 0.25) is 0 Å². The van der Waals surface area contributed by atoms with Gasteiger partial charge in [0.15, 0.2) is 11.6 Å². The summed E-state index contributed by atoms with van der Waals surface area (Å²) in [6.45, 7) is 9.17. The third-order valence-electron chi connectivity index (χ3n) is 1.96. The third-order valence-corrected chi connectivity index (χ3v) is 1.96. The van der Waals surface area contributed by atoms with Crippen molar-refractivity contribution in [2.45, 2.75) is 40.2 Å². The van der Waals surface area contributed by atoms with E-state index >= 15 is 0 Å². The molecule has 0 aromatic carbocycles. The smallest absolute Gasteiger partial charge is 0.412 e. The predicted octanol–water partition coefficient (Wildman–Crippen LogP) is 2.70. The van der Waals surface area contributed by atoms with Gasteiger partial charge in [0.2, 0.25) is 0 Å². The zero-order chi connectivity index (χ0) is 17.3. The monoisotopic (exact) mass is 313 g/mol. The Morgan fingerprint density at radius 2 is 2.05 bits per heavy atom. The van der Waals surface area contributed by atoms with Crippen molar-refractivity contribution in [2.75, 3.05) is 10.3 Å². The highest BCUT2D eigenvalue weighted by Crippen LogP contribution is 2.18. The molecule has 0 atom stereocenters. The first-order chi connectivity index (χ1) is 10.2. The van der Waals surface area contributed by atoms with Crippen molar-refractivity contribution in [3.8, 4) is 0 Å². The van der Waals surface area contributed by atoms with E-state index in [1.807, 2.05) is 13.8 Å². The summed E-state index contributed by atoms with van der Waals surface area (Å²) in [7, 11) is 0. The SMILES string of the molecule is CC.CC(C)(C)OC(=O)Nc1cnc(N(N)/C=C\N)c(F)c1. The molecule has 0 saturated carbocycles. The van der Waals surface area contributed by atoms with Gasteiger partial charge in [0, 0.05) is 18.5 Å². The lowest BCUT2D eigenvalue weighted by Gasteiger charge is -2.20. The number of halogens is 1. The second kappa shape index (κ2) is 8.83. The lowest BCUT2D eigenvalue weighted by molar-refractivity contribution is 0.0636. The van der Waals surface area contributed by atoms with Crippen LogP contribution in [-0.4, -0.2) is 16.7 Å². The van der Waals surface area contributed by atoms with Gasteiger partial charge in [-0.2, -0.15) is 0 Å². The molecule has 5 N–H and O–H groups in total. The Balaban J connectivity index is 0.00000211. The zero-order valence-corrected chi connectivity index (χ0v) is 13.6. The summed E-state index contributed by atoms with van der Waals surface area (Å²) in [6.07, 6.45) is 2.95. The maximum atomic E-state index is 13.8. The average molecular weight is 313 g/mol. The van der Waals surface area contributed by atoms with Crippen molar-refractivity contribution in [3.05, 3.63) is 30.5 Å². The highest BCUT2D eigenvalue weighted by molar-refractivity contribution is 5.84. The van der Waals surface area contributed by atoms with Crippen molar-refractivity contribution < 1.29 is 13.9 Å². The van der Waals surface area contributed by atoms with E-state index in [1.54, 1.807) is 20.8 Å². The number of hydrogen-bond acceptors (Lipinski definition) is 6. The van der Waals surface area contributed by atoms with Crippen LogP contribution in [0, 0.1) is 5.82 Å². The number of aromatic nitrogens is 1. The van der Waals surface area contributed by atoms with Crippen LogP contribution >= 0.6 is 0 Å². The van der Waals surface area contributed by atoms with E-state index in [-0.39, 0.29) is 11.5 Å². The molecule has 0 aliphatic carbocycles. The van der Waals surface area contributed by atoms with Crippen molar-refractivity contribution >= 4 is 17.6 Å². The first-order valence-electron chi connectivity index (χ1n) is 6.81. The molecule has 1 amide bonds. The van der Waals surface area contributed by atoms with Gasteiger partial charge >= 0.3 is 6.09 Å². The van der Waals surface area contributed by atoms with E-state index in [2.05, 4.69) is 10.3 Å². The van der Waals surface area contributed by atoms with Gasteiger partial charge in [-0.3, -0.25) is 10.3 Å². The normalized spacial score (nSPS) is 10.7. The molecular formula is C14H24FN5O2. The fraction of sp³-hybridized carbons (Fsp3) is 0.429. The van der Waals surface area contributed by atoms with Crippen molar-refractivity contribution in [3.63, 3.8) is 0 Å². The second-order valence-electron chi connectivity index (χ2n) is 4.91. The largest absolute Gasteiger partial charge is 0.444 e. The molecule has 0 unspecified atom stereocenters. The lowest BCUT2D eigenvalue weighted by Crippen LogP contribution is -2.28. The number of nitrogens with zero attached hydrogens (tertiary/aromatic N) is 2. The van der Waals surface area contributed by atoms with Gasteiger partial charge in [-0.25, -0.2) is 20.0 Å². The minimum atomic E-state index is -0.709. The van der Waals surface area contributed by atoms with Crippen LogP contribution in [0.5, 0.6) is 0 Å². The fourth-order valence-electron chi connectivity index (χ4n) is 1.27. The van der Waals surface area contributed by atoms with Crippen molar-refractivity contribution in [1.29, 1.82) is 0 Å². The minimum absolute atomic E-state index is 0.124. The number of hydrogen-bond donors (Lipinski definition) is 3. The van der Waals surface area contributed by atoms with Crippen LogP contribution in [0.4, 0.5) is 20.7 Å². The fourth-order valence-corrected chi connectivity index (χ4v) is 1.27. The second-order valence-corrected chi connectivity index (χ2v) is 4.91. The molecule has 0 radical (unpaired) electrons. The molecule has 22 heavy (non-hydrogen) atoms. The number of rotatable bonds is 3. The molecule has 1 rings (SSSR count). The highest BCUT2D eigenvalue weighted by atomic mass is 19.1. The molecule has 1 aromatic rings. The van der Waals surface area contributed by atoms with Gasteiger partial charge in [0.1, 0.15) is 5.60 Å². The van der Waals surface area contributed by atoms with Gasteiger partial charge in [-0.15, -0.1) is 0 Å². The number of anilines is 2. The third kappa shape index (κ3) is 6.89. The number of nitrogens with two attached hydrogens (primary N) is 2. The van der Waals surface area contributed by atoms with E-state index in [9.17, 15) is 9.18 Å². The Hall–Kier alpha value is -2.35. The summed E-state index contributed by atoms with van der Waals surface area (Å²) in [6, 6.07) is 1.08. The standard InChI is InChI=1S/C12H18FN5O2.C2H6/c1-12(2,3)20-11(19)17-8-6-9(13)10(16-7-8)18(15)5-4-14;1-2/h4-7H,14-15H2,1-3H3,(H,17,19);1-2H3/b5-4-;. The highest BCUT2D eigenvalue weighted by Gasteiger charge is 2.17. The first kappa shape index (κ1) is 19.7. The van der Waals surface area contributed by atoms with Crippen molar-refractivity contribution in [1.82, 2.24) is 4.98 Å². The molecule has 8 heteroatoms. The van der Waals surface area contributed by atoms with E-state index in [0.717, 1.165) is 17.3 Å². The molecule has 0 saturated heterocycles. The van der Waals surface area contributed by atoms with E-state index in [1.165, 1.54) is 12.4 Å². The molecule has 0 fully saturated rings. The summed E-state index contributed by atoms with van der Waals surface area (Å²) in [4.78, 5) is 15.3.